The summed E-state index contributed by atoms with van der Waals surface area (Å²) in [6.45, 7) is 2.79. The van der Waals surface area contributed by atoms with Crippen molar-refractivity contribution in [2.45, 2.75) is 32.4 Å². The molecule has 0 amide bonds. The first-order valence-corrected chi connectivity index (χ1v) is 6.45. The van der Waals surface area contributed by atoms with E-state index in [4.69, 9.17) is 0 Å². The molecule has 0 saturated carbocycles. The van der Waals surface area contributed by atoms with Gasteiger partial charge in [-0.2, -0.15) is 5.26 Å². The minimum absolute atomic E-state index is 0.535. The molecule has 0 saturated heterocycles. The van der Waals surface area contributed by atoms with Gasteiger partial charge in [-0.25, -0.2) is 0 Å². The molecule has 3 rings (SSSR count). The van der Waals surface area contributed by atoms with Crippen molar-refractivity contribution in [3.05, 3.63) is 41.3 Å². The van der Waals surface area contributed by atoms with E-state index in [0.29, 0.717) is 5.56 Å². The molecular weight excluding hydrogens is 238 g/mol. The maximum Gasteiger partial charge on any atom is 0.101 e. The number of rotatable bonds is 1. The van der Waals surface area contributed by atoms with Crippen LogP contribution in [0.3, 0.4) is 0 Å². The average Bonchev–Trinajstić information content (AvgIpc) is 2.73. The second-order valence-electron chi connectivity index (χ2n) is 4.90. The molecule has 2 aromatic rings. The molecule has 1 aliphatic rings. The average molecular weight is 253 g/mol. The van der Waals surface area contributed by atoms with Gasteiger partial charge in [-0.1, -0.05) is 0 Å². The zero-order chi connectivity index (χ0) is 13.4. The molecule has 3 heterocycles. The highest BCUT2D eigenvalue weighted by molar-refractivity contribution is 5.69. The number of fused-ring (bicyclic) bond motifs is 1. The first kappa shape index (κ1) is 11.9. The summed E-state index contributed by atoms with van der Waals surface area (Å²) in [6, 6.07) is 6.12. The monoisotopic (exact) mass is 253 g/mol. The molecule has 0 fully saturated rings. The van der Waals surface area contributed by atoms with Crippen LogP contribution in [0.5, 0.6) is 0 Å². The van der Waals surface area contributed by atoms with Crippen LogP contribution in [0.15, 0.2) is 24.5 Å². The molecule has 1 atom stereocenters. The lowest BCUT2D eigenvalue weighted by molar-refractivity contribution is 0.139. The van der Waals surface area contributed by atoms with Gasteiger partial charge in [-0.15, -0.1) is 0 Å². The number of aliphatic hydroxyl groups excluding tert-OH is 1. The molecule has 0 spiro atoms. The molecule has 96 valence electrons. The molecule has 1 N–H and O–H groups in total. The lowest BCUT2D eigenvalue weighted by Gasteiger charge is -2.22. The molecule has 0 aliphatic carbocycles. The Morgan fingerprint density at radius 1 is 1.53 bits per heavy atom. The number of nitriles is 1. The molecule has 2 aromatic heterocycles. The maximum absolute atomic E-state index is 10.2. The summed E-state index contributed by atoms with van der Waals surface area (Å²) in [4.78, 5) is 4.15. The highest BCUT2D eigenvalue weighted by Crippen LogP contribution is 2.37. The van der Waals surface area contributed by atoms with Crippen molar-refractivity contribution in [3.63, 3.8) is 0 Å². The maximum atomic E-state index is 10.2. The van der Waals surface area contributed by atoms with Gasteiger partial charge >= 0.3 is 0 Å². The van der Waals surface area contributed by atoms with Crippen molar-refractivity contribution in [1.82, 2.24) is 9.55 Å². The van der Waals surface area contributed by atoms with Gasteiger partial charge in [0.05, 0.1) is 23.1 Å². The van der Waals surface area contributed by atoms with Crippen LogP contribution in [0.4, 0.5) is 0 Å². The van der Waals surface area contributed by atoms with Gasteiger partial charge in [-0.05, 0) is 37.5 Å². The Morgan fingerprint density at radius 2 is 2.37 bits per heavy atom. The van der Waals surface area contributed by atoms with E-state index < -0.39 is 6.10 Å². The third-order valence-corrected chi connectivity index (χ3v) is 3.77. The van der Waals surface area contributed by atoms with E-state index in [1.54, 1.807) is 12.4 Å². The molecule has 4 heteroatoms. The van der Waals surface area contributed by atoms with E-state index in [9.17, 15) is 10.4 Å². The molecule has 19 heavy (non-hydrogen) atoms. The van der Waals surface area contributed by atoms with E-state index in [-0.39, 0.29) is 0 Å². The smallest absolute Gasteiger partial charge is 0.101 e. The Kier molecular flexibility index (Phi) is 2.84. The molecular formula is C15H15N3O. The Balaban J connectivity index is 2.30. The Morgan fingerprint density at radius 3 is 3.05 bits per heavy atom. The molecule has 4 nitrogen and oxygen atoms in total. The van der Waals surface area contributed by atoms with Crippen molar-refractivity contribution in [2.24, 2.45) is 0 Å². The SMILES string of the molecule is Cc1c(C#N)c2n(c1-c1cccnc1)CCCC2O. The van der Waals surface area contributed by atoms with Crippen LogP contribution < -0.4 is 0 Å². The van der Waals surface area contributed by atoms with Crippen molar-refractivity contribution >= 4 is 0 Å². The Hall–Kier alpha value is -2.12. The summed E-state index contributed by atoms with van der Waals surface area (Å²) in [5, 5.41) is 19.5. The molecule has 0 radical (unpaired) electrons. The van der Waals surface area contributed by atoms with Crippen molar-refractivity contribution < 1.29 is 5.11 Å². The van der Waals surface area contributed by atoms with Crippen LogP contribution in [0.2, 0.25) is 0 Å². The third-order valence-electron chi connectivity index (χ3n) is 3.77. The van der Waals surface area contributed by atoms with Crippen LogP contribution in [-0.2, 0) is 6.54 Å². The molecule has 0 bridgehead atoms. The number of aromatic nitrogens is 2. The summed E-state index contributed by atoms with van der Waals surface area (Å²) >= 11 is 0. The molecule has 0 aromatic carbocycles. The summed E-state index contributed by atoms with van der Waals surface area (Å²) < 4.78 is 2.08. The van der Waals surface area contributed by atoms with Gasteiger partial charge in [0.1, 0.15) is 6.07 Å². The minimum Gasteiger partial charge on any atom is -0.387 e. The quantitative estimate of drug-likeness (QED) is 0.849. The summed E-state index contributed by atoms with van der Waals surface area (Å²) in [5.41, 5.74) is 4.33. The van der Waals surface area contributed by atoms with Crippen molar-refractivity contribution in [3.8, 4) is 17.3 Å². The minimum atomic E-state index is -0.535. The summed E-state index contributed by atoms with van der Waals surface area (Å²) in [6.07, 6.45) is 4.66. The van der Waals surface area contributed by atoms with E-state index in [1.165, 1.54) is 0 Å². The zero-order valence-corrected chi connectivity index (χ0v) is 10.8. The van der Waals surface area contributed by atoms with Gasteiger partial charge in [-0.3, -0.25) is 4.98 Å². The van der Waals surface area contributed by atoms with Crippen LogP contribution in [0.25, 0.3) is 11.3 Å². The largest absolute Gasteiger partial charge is 0.387 e. The fraction of sp³-hybridized carbons (Fsp3) is 0.333. The van der Waals surface area contributed by atoms with Crippen molar-refractivity contribution in [2.75, 3.05) is 0 Å². The first-order valence-electron chi connectivity index (χ1n) is 6.45. The van der Waals surface area contributed by atoms with E-state index in [2.05, 4.69) is 15.6 Å². The second kappa shape index (κ2) is 4.52. The predicted octanol–water partition coefficient (Wildman–Crippen LogP) is 2.56. The highest BCUT2D eigenvalue weighted by atomic mass is 16.3. The van der Waals surface area contributed by atoms with Gasteiger partial charge in [0.25, 0.3) is 0 Å². The van der Waals surface area contributed by atoms with Gasteiger partial charge in [0.2, 0.25) is 0 Å². The molecule has 1 unspecified atom stereocenters. The lowest BCUT2D eigenvalue weighted by atomic mass is 10.0. The zero-order valence-electron chi connectivity index (χ0n) is 10.8. The van der Waals surface area contributed by atoms with Gasteiger partial charge < -0.3 is 9.67 Å². The van der Waals surface area contributed by atoms with Gasteiger partial charge in [0, 0.05) is 24.5 Å². The fourth-order valence-corrected chi connectivity index (χ4v) is 2.94. The lowest BCUT2D eigenvalue weighted by Crippen LogP contribution is -2.16. The Labute approximate surface area is 111 Å². The standard InChI is InChI=1S/C15H15N3O/c1-10-12(8-16)15-13(19)5-3-7-18(15)14(10)11-4-2-6-17-9-11/h2,4,6,9,13,19H,3,5,7H2,1H3. The third kappa shape index (κ3) is 1.74. The number of aliphatic hydroxyl groups is 1. The van der Waals surface area contributed by atoms with E-state index in [0.717, 1.165) is 41.9 Å². The van der Waals surface area contributed by atoms with Crippen molar-refractivity contribution in [1.29, 1.82) is 5.26 Å². The van der Waals surface area contributed by atoms with Crippen LogP contribution in [0.1, 0.15) is 35.8 Å². The van der Waals surface area contributed by atoms with Crippen LogP contribution in [-0.4, -0.2) is 14.7 Å². The first-order chi connectivity index (χ1) is 9.24. The van der Waals surface area contributed by atoms with Crippen LogP contribution >= 0.6 is 0 Å². The van der Waals surface area contributed by atoms with Gasteiger partial charge in [0.15, 0.2) is 0 Å². The normalized spacial score (nSPS) is 17.8. The van der Waals surface area contributed by atoms with E-state index >= 15 is 0 Å². The number of nitrogens with zero attached hydrogens (tertiary/aromatic N) is 3. The molecule has 1 aliphatic heterocycles. The topological polar surface area (TPSA) is 61.8 Å². The fourth-order valence-electron chi connectivity index (χ4n) is 2.94. The summed E-state index contributed by atoms with van der Waals surface area (Å²) in [5.74, 6) is 0. The Bertz CT molecular complexity index is 652. The second-order valence-corrected chi connectivity index (χ2v) is 4.90. The van der Waals surface area contributed by atoms with Crippen LogP contribution in [0, 0.1) is 18.3 Å². The predicted molar refractivity (Wildman–Crippen MR) is 71.3 cm³/mol. The highest BCUT2D eigenvalue weighted by Gasteiger charge is 2.28. The number of pyridine rings is 1. The van der Waals surface area contributed by atoms with E-state index in [1.807, 2.05) is 19.1 Å². The summed E-state index contributed by atoms with van der Waals surface area (Å²) in [7, 11) is 0. The number of hydrogen-bond donors (Lipinski definition) is 1. The number of hydrogen-bond acceptors (Lipinski definition) is 3.